The average Bonchev–Trinajstić information content (AvgIpc) is 2.48. The van der Waals surface area contributed by atoms with E-state index >= 15 is 0 Å². The van der Waals surface area contributed by atoms with Gasteiger partial charge in [0.05, 0.1) is 18.7 Å². The monoisotopic (exact) mass is 436 g/mol. The molecule has 0 radical (unpaired) electrons. The van der Waals surface area contributed by atoms with Gasteiger partial charge in [0.1, 0.15) is 18.4 Å². The summed E-state index contributed by atoms with van der Waals surface area (Å²) in [6, 6.07) is 1.08. The minimum atomic E-state index is -5.93. The van der Waals surface area contributed by atoms with Gasteiger partial charge in [-0.1, -0.05) is 0 Å². The van der Waals surface area contributed by atoms with E-state index in [9.17, 15) is 44.3 Å². The van der Waals surface area contributed by atoms with E-state index in [2.05, 4.69) is 0 Å². The van der Waals surface area contributed by atoms with Crippen molar-refractivity contribution < 1.29 is 49.0 Å². The lowest BCUT2D eigenvalue weighted by Crippen LogP contribution is -2.58. The number of nitrogens with zero attached hydrogens (tertiary/aromatic N) is 1. The molecular formula is C16H13F9N2O2. The molecule has 0 saturated heterocycles. The standard InChI is InChI=1S/C16H13F9N2O2/c1-7-5-27(6-14(17,18)19)10-2-8-9(3-11(10)29-7)26-12(28)4-13(8,15(20,21)22)16(23,24)25/h2-3,7H,4-6H2,1H3,(H,26,28). The minimum absolute atomic E-state index is 0.354. The summed E-state index contributed by atoms with van der Waals surface area (Å²) >= 11 is 0. The number of benzene rings is 1. The van der Waals surface area contributed by atoms with Gasteiger partial charge in [-0.2, -0.15) is 39.5 Å². The number of amides is 1. The predicted octanol–water partition coefficient (Wildman–Crippen LogP) is 4.54. The van der Waals surface area contributed by atoms with Crippen molar-refractivity contribution in [1.29, 1.82) is 0 Å². The number of anilines is 2. The molecule has 0 fully saturated rings. The first kappa shape index (κ1) is 21.4. The van der Waals surface area contributed by atoms with Crippen molar-refractivity contribution in [2.75, 3.05) is 23.3 Å². The fourth-order valence-corrected chi connectivity index (χ4v) is 3.59. The molecular weight excluding hydrogens is 423 g/mol. The summed E-state index contributed by atoms with van der Waals surface area (Å²) in [5.74, 6) is -1.88. The minimum Gasteiger partial charge on any atom is -0.487 e. The second-order valence-electron chi connectivity index (χ2n) is 6.92. The van der Waals surface area contributed by atoms with Crippen molar-refractivity contribution in [2.24, 2.45) is 0 Å². The van der Waals surface area contributed by atoms with Gasteiger partial charge in [0, 0.05) is 17.3 Å². The van der Waals surface area contributed by atoms with Crippen LogP contribution < -0.4 is 15.0 Å². The number of carbonyl (C=O) groups excluding carboxylic acids is 1. The van der Waals surface area contributed by atoms with E-state index in [1.54, 1.807) is 0 Å². The van der Waals surface area contributed by atoms with E-state index in [1.165, 1.54) is 6.92 Å². The van der Waals surface area contributed by atoms with Crippen LogP contribution in [-0.4, -0.2) is 43.6 Å². The highest BCUT2D eigenvalue weighted by Gasteiger charge is 2.74. The number of rotatable bonds is 1. The molecule has 2 heterocycles. The van der Waals surface area contributed by atoms with Crippen molar-refractivity contribution in [3.8, 4) is 5.75 Å². The lowest BCUT2D eigenvalue weighted by Gasteiger charge is -2.43. The second-order valence-corrected chi connectivity index (χ2v) is 6.92. The van der Waals surface area contributed by atoms with Gasteiger partial charge in [0.25, 0.3) is 0 Å². The maximum absolute atomic E-state index is 13.7. The molecule has 1 aromatic carbocycles. The van der Waals surface area contributed by atoms with Crippen LogP contribution in [-0.2, 0) is 10.2 Å². The molecule has 1 unspecified atom stereocenters. The summed E-state index contributed by atoms with van der Waals surface area (Å²) in [6.07, 6.45) is -19.4. The molecule has 13 heteroatoms. The van der Waals surface area contributed by atoms with Gasteiger partial charge in [-0.25, -0.2) is 0 Å². The highest BCUT2D eigenvalue weighted by molar-refractivity contribution is 5.97. The van der Waals surface area contributed by atoms with E-state index in [4.69, 9.17) is 4.74 Å². The largest absolute Gasteiger partial charge is 0.487 e. The topological polar surface area (TPSA) is 41.6 Å². The van der Waals surface area contributed by atoms with Crippen molar-refractivity contribution in [3.63, 3.8) is 0 Å². The fourth-order valence-electron chi connectivity index (χ4n) is 3.59. The normalized spacial score (nSPS) is 21.8. The smallest absolute Gasteiger partial charge is 0.407 e. The second kappa shape index (κ2) is 6.33. The number of ether oxygens (including phenoxy) is 1. The Bertz CT molecular complexity index is 815. The van der Waals surface area contributed by atoms with Gasteiger partial charge in [-0.3, -0.25) is 4.79 Å². The summed E-state index contributed by atoms with van der Waals surface area (Å²) in [5.41, 5.74) is -7.30. The molecule has 0 spiro atoms. The van der Waals surface area contributed by atoms with Crippen LogP contribution in [0.5, 0.6) is 5.75 Å². The third-order valence-electron chi connectivity index (χ3n) is 4.74. The van der Waals surface area contributed by atoms with Crippen LogP contribution in [0.1, 0.15) is 18.9 Å². The van der Waals surface area contributed by atoms with E-state index in [0.717, 1.165) is 0 Å². The van der Waals surface area contributed by atoms with Gasteiger partial charge in [0.15, 0.2) is 5.41 Å². The number of halogens is 9. The first-order valence-electron chi connectivity index (χ1n) is 8.15. The number of alkyl halides is 9. The Morgan fingerprint density at radius 2 is 1.69 bits per heavy atom. The van der Waals surface area contributed by atoms with Crippen LogP contribution in [0, 0.1) is 0 Å². The lowest BCUT2D eigenvalue weighted by atomic mass is 9.72. The Hall–Kier alpha value is -2.34. The molecule has 0 aliphatic carbocycles. The van der Waals surface area contributed by atoms with Gasteiger partial charge in [-0.15, -0.1) is 0 Å². The highest BCUT2D eigenvalue weighted by atomic mass is 19.4. The zero-order chi connectivity index (χ0) is 22.0. The number of nitrogens with one attached hydrogen (secondary N) is 1. The van der Waals surface area contributed by atoms with E-state index in [1.807, 2.05) is 5.32 Å². The van der Waals surface area contributed by atoms with Gasteiger partial charge in [0.2, 0.25) is 5.91 Å². The third-order valence-corrected chi connectivity index (χ3v) is 4.74. The number of hydrogen-bond acceptors (Lipinski definition) is 3. The molecule has 1 N–H and O–H groups in total. The van der Waals surface area contributed by atoms with Gasteiger partial charge in [-0.05, 0) is 13.0 Å². The third kappa shape index (κ3) is 3.54. The zero-order valence-corrected chi connectivity index (χ0v) is 14.5. The highest BCUT2D eigenvalue weighted by Crippen LogP contribution is 2.59. The van der Waals surface area contributed by atoms with Gasteiger partial charge >= 0.3 is 18.5 Å². The van der Waals surface area contributed by atoms with E-state index in [-0.39, 0.29) is 5.75 Å². The van der Waals surface area contributed by atoms with Crippen molar-refractivity contribution in [3.05, 3.63) is 17.7 Å². The Morgan fingerprint density at radius 1 is 1.10 bits per heavy atom. The maximum atomic E-state index is 13.7. The predicted molar refractivity (Wildman–Crippen MR) is 81.8 cm³/mol. The Balaban J connectivity index is 2.27. The molecule has 3 rings (SSSR count). The Morgan fingerprint density at radius 3 is 2.21 bits per heavy atom. The Labute approximate surface area is 157 Å². The van der Waals surface area contributed by atoms with E-state index < -0.39 is 72.4 Å². The van der Waals surface area contributed by atoms with Crippen LogP contribution in [0.2, 0.25) is 0 Å². The summed E-state index contributed by atoms with van der Waals surface area (Å²) in [4.78, 5) is 12.3. The first-order valence-corrected chi connectivity index (χ1v) is 8.15. The van der Waals surface area contributed by atoms with Crippen LogP contribution >= 0.6 is 0 Å². The van der Waals surface area contributed by atoms with Crippen LogP contribution in [0.4, 0.5) is 50.9 Å². The van der Waals surface area contributed by atoms with Gasteiger partial charge < -0.3 is 15.0 Å². The molecule has 2 aliphatic heterocycles. The zero-order valence-electron chi connectivity index (χ0n) is 14.5. The first-order chi connectivity index (χ1) is 13.0. The average molecular weight is 436 g/mol. The SMILES string of the molecule is CC1CN(CC(F)(F)F)c2cc3c(cc2O1)NC(=O)CC3(C(F)(F)F)C(F)(F)F. The molecule has 1 amide bonds. The van der Waals surface area contributed by atoms with Crippen molar-refractivity contribution in [2.45, 2.75) is 43.4 Å². The molecule has 0 bridgehead atoms. The van der Waals surface area contributed by atoms with Crippen molar-refractivity contribution in [1.82, 2.24) is 0 Å². The molecule has 1 atom stereocenters. The number of hydrogen-bond donors (Lipinski definition) is 1. The molecule has 1 aromatic rings. The van der Waals surface area contributed by atoms with E-state index in [0.29, 0.717) is 17.0 Å². The summed E-state index contributed by atoms with van der Waals surface area (Å²) < 4.78 is 126. The molecule has 29 heavy (non-hydrogen) atoms. The maximum Gasteiger partial charge on any atom is 0.407 e. The summed E-state index contributed by atoms with van der Waals surface area (Å²) in [5, 5.41) is 1.93. The number of fused-ring (bicyclic) bond motifs is 2. The van der Waals surface area contributed by atoms with Crippen LogP contribution in [0.15, 0.2) is 12.1 Å². The quantitative estimate of drug-likeness (QED) is 0.658. The van der Waals surface area contributed by atoms with Crippen molar-refractivity contribution >= 4 is 17.3 Å². The number of carbonyl (C=O) groups is 1. The molecule has 2 aliphatic rings. The molecule has 0 aromatic heterocycles. The molecule has 4 nitrogen and oxygen atoms in total. The van der Waals surface area contributed by atoms with Crippen LogP contribution in [0.25, 0.3) is 0 Å². The summed E-state index contributed by atoms with van der Waals surface area (Å²) in [6.45, 7) is -0.605. The fraction of sp³-hybridized carbons (Fsp3) is 0.562. The molecule has 0 saturated carbocycles. The Kier molecular flexibility index (Phi) is 4.66. The summed E-state index contributed by atoms with van der Waals surface area (Å²) in [7, 11) is 0. The molecule has 162 valence electrons. The lowest BCUT2D eigenvalue weighted by molar-refractivity contribution is -0.303. The van der Waals surface area contributed by atoms with Crippen LogP contribution in [0.3, 0.4) is 0 Å².